The minimum atomic E-state index is -4.66. The minimum absolute atomic E-state index is 0.0469. The molecule has 2 rings (SSSR count). The molecule has 4 nitrogen and oxygen atoms in total. The monoisotopic (exact) mass is 273 g/mol. The van der Waals surface area contributed by atoms with Gasteiger partial charge in [0.25, 0.3) is 0 Å². The van der Waals surface area contributed by atoms with Crippen molar-refractivity contribution in [3.63, 3.8) is 0 Å². The average Bonchev–Trinajstić information content (AvgIpc) is 2.58. The highest BCUT2D eigenvalue weighted by molar-refractivity contribution is 5.48. The lowest BCUT2D eigenvalue weighted by Gasteiger charge is -2.21. The Balaban J connectivity index is 1.99. The van der Waals surface area contributed by atoms with Crippen molar-refractivity contribution < 1.29 is 17.9 Å². The number of nitrogens with zero attached hydrogens (tertiary/aromatic N) is 1. The van der Waals surface area contributed by atoms with Crippen molar-refractivity contribution in [3.8, 4) is 5.75 Å². The fourth-order valence-electron chi connectivity index (χ4n) is 1.80. The number of nitrogens with one attached hydrogen (secondary N) is 2. The Bertz CT molecular complexity index is 470. The maximum Gasteiger partial charge on any atom is 0.573 e. The van der Waals surface area contributed by atoms with Crippen LogP contribution in [0.5, 0.6) is 5.75 Å². The number of rotatable bonds is 3. The number of anilines is 1. The van der Waals surface area contributed by atoms with Crippen LogP contribution in [-0.2, 0) is 0 Å². The van der Waals surface area contributed by atoms with E-state index in [-0.39, 0.29) is 11.9 Å². The topological polar surface area (TPSA) is 36.5 Å². The third kappa shape index (κ3) is 3.78. The van der Waals surface area contributed by atoms with Crippen LogP contribution >= 0.6 is 0 Å². The first-order valence-corrected chi connectivity index (χ1v) is 5.64. The minimum Gasteiger partial charge on any atom is -0.406 e. The molecule has 0 saturated heterocycles. The summed E-state index contributed by atoms with van der Waals surface area (Å²) in [5, 5.41) is 5.02. The van der Waals surface area contributed by atoms with Gasteiger partial charge in [0.1, 0.15) is 11.9 Å². The van der Waals surface area contributed by atoms with Crippen LogP contribution < -0.4 is 15.5 Å². The van der Waals surface area contributed by atoms with Gasteiger partial charge in [0.05, 0.1) is 0 Å². The molecule has 0 aliphatic carbocycles. The highest BCUT2D eigenvalue weighted by Crippen LogP contribution is 2.24. The molecule has 0 spiro atoms. The summed E-state index contributed by atoms with van der Waals surface area (Å²) in [6, 6.07) is 5.62. The Morgan fingerprint density at radius 2 is 1.89 bits per heavy atom. The van der Waals surface area contributed by atoms with Gasteiger partial charge >= 0.3 is 6.36 Å². The van der Waals surface area contributed by atoms with Gasteiger partial charge < -0.3 is 15.5 Å². The van der Waals surface area contributed by atoms with Crippen molar-refractivity contribution >= 4 is 5.69 Å². The van der Waals surface area contributed by atoms with E-state index in [9.17, 15) is 13.2 Å². The van der Waals surface area contributed by atoms with Gasteiger partial charge in [-0.05, 0) is 37.3 Å². The third-order valence-corrected chi connectivity index (χ3v) is 2.58. The number of halogens is 3. The van der Waals surface area contributed by atoms with E-state index in [1.54, 1.807) is 0 Å². The summed E-state index contributed by atoms with van der Waals surface area (Å²) in [5.41, 5.74) is 4.81. The van der Waals surface area contributed by atoms with Crippen LogP contribution in [-0.4, -0.2) is 24.6 Å². The van der Waals surface area contributed by atoms with Crippen molar-refractivity contribution in [2.24, 2.45) is 0 Å². The van der Waals surface area contributed by atoms with Crippen LogP contribution in [0.15, 0.2) is 36.0 Å². The molecule has 1 aliphatic heterocycles. The first-order chi connectivity index (χ1) is 8.83. The van der Waals surface area contributed by atoms with Crippen LogP contribution in [0, 0.1) is 0 Å². The molecule has 0 aromatic heterocycles. The van der Waals surface area contributed by atoms with Gasteiger partial charge in [-0.3, -0.25) is 0 Å². The summed E-state index contributed by atoms with van der Waals surface area (Å²) in [6.45, 7) is 1.93. The van der Waals surface area contributed by atoms with Gasteiger partial charge in [0.15, 0.2) is 0 Å². The zero-order valence-electron chi connectivity index (χ0n) is 10.5. The second-order valence-electron chi connectivity index (χ2n) is 4.23. The van der Waals surface area contributed by atoms with E-state index in [4.69, 9.17) is 0 Å². The van der Waals surface area contributed by atoms with Crippen molar-refractivity contribution in [2.75, 3.05) is 12.4 Å². The van der Waals surface area contributed by atoms with Gasteiger partial charge in [0, 0.05) is 18.4 Å². The van der Waals surface area contributed by atoms with Crippen molar-refractivity contribution in [1.29, 1.82) is 0 Å². The summed E-state index contributed by atoms with van der Waals surface area (Å²) in [5.74, 6) is -0.234. The summed E-state index contributed by atoms with van der Waals surface area (Å²) in [4.78, 5) is 0. The van der Waals surface area contributed by atoms with E-state index < -0.39 is 6.36 Å². The standard InChI is InChI=1S/C12H14F3N3O/c1-8-7-11(18(2)17-8)16-9-3-5-10(6-4-9)19-12(13,14)15/h3-7,11,16-17H,1-2H3. The first-order valence-electron chi connectivity index (χ1n) is 5.64. The predicted octanol–water partition coefficient (Wildman–Crippen LogP) is 2.68. The number of likely N-dealkylation sites (N-methyl/N-ethyl adjacent to an activating group) is 1. The second-order valence-corrected chi connectivity index (χ2v) is 4.23. The molecular formula is C12H14F3N3O. The lowest BCUT2D eigenvalue weighted by molar-refractivity contribution is -0.274. The molecule has 0 amide bonds. The predicted molar refractivity (Wildman–Crippen MR) is 65.2 cm³/mol. The number of benzene rings is 1. The molecular weight excluding hydrogens is 259 g/mol. The van der Waals surface area contributed by atoms with Crippen molar-refractivity contribution in [1.82, 2.24) is 10.4 Å². The highest BCUT2D eigenvalue weighted by Gasteiger charge is 2.31. The molecule has 0 saturated carbocycles. The molecule has 0 radical (unpaired) electrons. The highest BCUT2D eigenvalue weighted by atomic mass is 19.4. The second kappa shape index (κ2) is 5.00. The molecule has 0 bridgehead atoms. The zero-order valence-corrected chi connectivity index (χ0v) is 10.5. The Hall–Kier alpha value is -1.89. The van der Waals surface area contributed by atoms with Crippen molar-refractivity contribution in [3.05, 3.63) is 36.0 Å². The van der Waals surface area contributed by atoms with Gasteiger partial charge in [0.2, 0.25) is 0 Å². The quantitative estimate of drug-likeness (QED) is 0.887. The molecule has 2 N–H and O–H groups in total. The molecule has 19 heavy (non-hydrogen) atoms. The maximum atomic E-state index is 12.0. The van der Waals surface area contributed by atoms with E-state index in [0.29, 0.717) is 5.69 Å². The molecule has 1 unspecified atom stereocenters. The molecule has 1 atom stereocenters. The van der Waals surface area contributed by atoms with Crippen molar-refractivity contribution in [2.45, 2.75) is 19.5 Å². The SMILES string of the molecule is CC1=CC(Nc2ccc(OC(F)(F)F)cc2)N(C)N1. The van der Waals surface area contributed by atoms with E-state index in [0.717, 1.165) is 5.70 Å². The van der Waals surface area contributed by atoms with Gasteiger partial charge in [-0.25, -0.2) is 5.01 Å². The molecule has 7 heteroatoms. The van der Waals surface area contributed by atoms with Gasteiger partial charge in [-0.1, -0.05) is 0 Å². The maximum absolute atomic E-state index is 12.0. The summed E-state index contributed by atoms with van der Waals surface area (Å²) in [7, 11) is 1.87. The summed E-state index contributed by atoms with van der Waals surface area (Å²) >= 11 is 0. The zero-order chi connectivity index (χ0) is 14.0. The Kier molecular flexibility index (Phi) is 3.57. The Labute approximate surface area is 108 Å². The average molecular weight is 273 g/mol. The van der Waals surface area contributed by atoms with Crippen LogP contribution in [0.4, 0.5) is 18.9 Å². The largest absolute Gasteiger partial charge is 0.573 e. The number of ether oxygens (including phenoxy) is 1. The number of hydrazine groups is 1. The van der Waals surface area contributed by atoms with E-state index in [2.05, 4.69) is 15.5 Å². The number of hydrogen-bond donors (Lipinski definition) is 2. The number of alkyl halides is 3. The van der Waals surface area contributed by atoms with E-state index in [1.807, 2.05) is 25.1 Å². The molecule has 0 fully saturated rings. The molecule has 1 aromatic rings. The molecule has 104 valence electrons. The van der Waals surface area contributed by atoms with Gasteiger partial charge in [-0.2, -0.15) is 0 Å². The Morgan fingerprint density at radius 1 is 1.26 bits per heavy atom. The fourth-order valence-corrected chi connectivity index (χ4v) is 1.80. The van der Waals surface area contributed by atoms with Crippen LogP contribution in [0.25, 0.3) is 0 Å². The number of allylic oxidation sites excluding steroid dienone is 1. The normalized spacial score (nSPS) is 19.8. The van der Waals surface area contributed by atoms with Crippen LogP contribution in [0.1, 0.15) is 6.92 Å². The summed E-state index contributed by atoms with van der Waals surface area (Å²) in [6.07, 6.45) is -2.74. The lowest BCUT2D eigenvalue weighted by atomic mass is 10.3. The molecule has 1 aromatic carbocycles. The van der Waals surface area contributed by atoms with E-state index >= 15 is 0 Å². The lowest BCUT2D eigenvalue weighted by Crippen LogP contribution is -2.39. The Morgan fingerprint density at radius 3 is 2.37 bits per heavy atom. The van der Waals surface area contributed by atoms with Gasteiger partial charge in [-0.15, -0.1) is 13.2 Å². The molecule has 1 heterocycles. The first kappa shape index (κ1) is 13.5. The number of hydrogen-bond acceptors (Lipinski definition) is 4. The van der Waals surface area contributed by atoms with Crippen LogP contribution in [0.2, 0.25) is 0 Å². The smallest absolute Gasteiger partial charge is 0.406 e. The van der Waals surface area contributed by atoms with E-state index in [1.165, 1.54) is 24.3 Å². The summed E-state index contributed by atoms with van der Waals surface area (Å²) < 4.78 is 39.8. The fraction of sp³-hybridized carbons (Fsp3) is 0.333. The molecule has 1 aliphatic rings. The third-order valence-electron chi connectivity index (χ3n) is 2.58. The van der Waals surface area contributed by atoms with Crippen LogP contribution in [0.3, 0.4) is 0 Å².